The van der Waals surface area contributed by atoms with E-state index in [1.54, 1.807) is 17.4 Å². The highest BCUT2D eigenvalue weighted by Crippen LogP contribution is 2.35. The number of nitrogens with zero attached hydrogens (tertiary/aromatic N) is 6. The number of imidazole rings is 1. The molecule has 2 fully saturated rings. The van der Waals surface area contributed by atoms with Gasteiger partial charge in [0.05, 0.1) is 22.5 Å². The first-order valence-corrected chi connectivity index (χ1v) is 17.7. The summed E-state index contributed by atoms with van der Waals surface area (Å²) in [6, 6.07) is 9.96. The van der Waals surface area contributed by atoms with Crippen molar-refractivity contribution in [1.82, 2.24) is 33.6 Å². The Balaban J connectivity index is 1.22. The van der Waals surface area contributed by atoms with Crippen molar-refractivity contribution in [2.75, 3.05) is 69.2 Å². The molecule has 14 heteroatoms. The van der Waals surface area contributed by atoms with Crippen LogP contribution < -0.4 is 10.6 Å². The van der Waals surface area contributed by atoms with Gasteiger partial charge >= 0.3 is 0 Å². The largest absolute Gasteiger partial charge is 0.378 e. The topological polar surface area (TPSA) is 131 Å². The number of hydrogen-bond acceptors (Lipinski definition) is 8. The number of H-pyrrole nitrogens is 1. The van der Waals surface area contributed by atoms with Gasteiger partial charge in [-0.15, -0.1) is 0 Å². The number of amides is 1. The van der Waals surface area contributed by atoms with Crippen LogP contribution in [0.4, 0.5) is 11.4 Å². The molecule has 6 rings (SSSR count). The molecule has 3 aromatic heterocycles. The molecule has 2 aliphatic heterocycles. The van der Waals surface area contributed by atoms with Crippen molar-refractivity contribution in [2.24, 2.45) is 0 Å². The van der Waals surface area contributed by atoms with Gasteiger partial charge in [0.15, 0.2) is 5.65 Å². The standard InChI is InChI=1S/C31H40BrN9O3S/c1-5-45(43,44)40-10-9-23(18-40)35-28-26(32)17-33-31-29(28)36-30(37-31)25-15-20(2)41(21(25)3)24-8-6-7-22(16-24)34-27(42)19-39-13-11-38(4)12-14-39/h6-8,15-17,23H,5,9-14,18-19H2,1-4H3,(H,34,42)(H2,33,35,36,37). The number of sulfonamides is 1. The average Bonchev–Trinajstić information content (AvgIpc) is 3.73. The number of aromatic nitrogens is 4. The molecule has 1 unspecified atom stereocenters. The lowest BCUT2D eigenvalue weighted by atomic mass is 10.2. The first-order chi connectivity index (χ1) is 21.5. The molecule has 3 N–H and O–H groups in total. The fraction of sp³-hybridized carbons (Fsp3) is 0.452. The molecule has 0 spiro atoms. The van der Waals surface area contributed by atoms with Crippen molar-refractivity contribution >= 4 is 54.4 Å². The lowest BCUT2D eigenvalue weighted by molar-refractivity contribution is -0.117. The van der Waals surface area contributed by atoms with Crippen LogP contribution in [0.1, 0.15) is 24.7 Å². The van der Waals surface area contributed by atoms with Crippen LogP contribution in [-0.4, -0.2) is 113 Å². The minimum atomic E-state index is -3.23. The van der Waals surface area contributed by atoms with Gasteiger partial charge in [0, 0.05) is 79.8 Å². The van der Waals surface area contributed by atoms with E-state index in [4.69, 9.17) is 4.98 Å². The molecule has 0 saturated carbocycles. The number of nitrogens with one attached hydrogen (secondary N) is 3. The summed E-state index contributed by atoms with van der Waals surface area (Å²) < 4.78 is 29.3. The summed E-state index contributed by atoms with van der Waals surface area (Å²) in [7, 11) is -1.13. The first kappa shape index (κ1) is 31.7. The van der Waals surface area contributed by atoms with Crippen molar-refractivity contribution in [1.29, 1.82) is 0 Å². The van der Waals surface area contributed by atoms with Gasteiger partial charge in [-0.25, -0.2) is 18.4 Å². The third-order valence-electron chi connectivity index (χ3n) is 8.77. The quantitative estimate of drug-likeness (QED) is 0.241. The Morgan fingerprint density at radius 1 is 1.13 bits per heavy atom. The number of hydrogen-bond donors (Lipinski definition) is 3. The second kappa shape index (κ2) is 12.8. The predicted molar refractivity (Wildman–Crippen MR) is 181 cm³/mol. The zero-order valence-corrected chi connectivity index (χ0v) is 28.5. The summed E-state index contributed by atoms with van der Waals surface area (Å²) in [5.41, 5.74) is 6.81. The number of fused-ring (bicyclic) bond motifs is 1. The monoisotopic (exact) mass is 697 g/mol. The zero-order chi connectivity index (χ0) is 31.9. The second-order valence-corrected chi connectivity index (χ2v) is 15.1. The fourth-order valence-corrected chi connectivity index (χ4v) is 7.79. The van der Waals surface area contributed by atoms with E-state index in [2.05, 4.69) is 77.9 Å². The highest BCUT2D eigenvalue weighted by Gasteiger charge is 2.31. The number of piperazine rings is 1. The first-order valence-electron chi connectivity index (χ1n) is 15.3. The third-order valence-corrected chi connectivity index (χ3v) is 11.2. The zero-order valence-electron chi connectivity index (χ0n) is 26.1. The summed E-state index contributed by atoms with van der Waals surface area (Å²) in [4.78, 5) is 30.2. The van der Waals surface area contributed by atoms with Gasteiger partial charge in [-0.2, -0.15) is 4.31 Å². The fourth-order valence-electron chi connectivity index (χ4n) is 6.22. The van der Waals surface area contributed by atoms with Gasteiger partial charge in [-0.3, -0.25) is 9.69 Å². The number of benzene rings is 1. The number of likely N-dealkylation sites (N-methyl/N-ethyl adjacent to an activating group) is 1. The Labute approximate surface area is 272 Å². The van der Waals surface area contributed by atoms with Crippen LogP contribution >= 0.6 is 15.9 Å². The molecule has 1 amide bonds. The maximum atomic E-state index is 12.8. The van der Waals surface area contributed by atoms with Crippen LogP contribution in [0.15, 0.2) is 41.0 Å². The number of aryl methyl sites for hydroxylation is 1. The molecule has 1 aromatic carbocycles. The molecule has 2 saturated heterocycles. The molecule has 0 aliphatic carbocycles. The van der Waals surface area contributed by atoms with Crippen LogP contribution in [0.3, 0.4) is 0 Å². The number of halogens is 1. The third kappa shape index (κ3) is 6.66. The van der Waals surface area contributed by atoms with Gasteiger partial charge < -0.3 is 25.1 Å². The lowest BCUT2D eigenvalue weighted by Crippen LogP contribution is -2.47. The molecule has 5 heterocycles. The van der Waals surface area contributed by atoms with Crippen LogP contribution in [0, 0.1) is 13.8 Å². The molecular formula is C31H40BrN9O3S. The number of carbonyl (C=O) groups excluding carboxylic acids is 1. The number of pyridine rings is 1. The predicted octanol–water partition coefficient (Wildman–Crippen LogP) is 3.82. The number of rotatable bonds is 9. The van der Waals surface area contributed by atoms with Crippen LogP contribution in [-0.2, 0) is 14.8 Å². The summed E-state index contributed by atoms with van der Waals surface area (Å²) in [5, 5.41) is 6.62. The van der Waals surface area contributed by atoms with E-state index in [1.807, 2.05) is 24.3 Å². The highest BCUT2D eigenvalue weighted by molar-refractivity contribution is 9.10. The molecule has 4 aromatic rings. The van der Waals surface area contributed by atoms with Crippen molar-refractivity contribution in [2.45, 2.75) is 33.2 Å². The Bertz CT molecular complexity index is 1830. The van der Waals surface area contributed by atoms with Crippen molar-refractivity contribution in [3.63, 3.8) is 0 Å². The van der Waals surface area contributed by atoms with Gasteiger partial charge in [-0.1, -0.05) is 6.07 Å². The normalized spacial score (nSPS) is 18.6. The van der Waals surface area contributed by atoms with Gasteiger partial charge in [0.1, 0.15) is 11.3 Å². The number of anilines is 2. The smallest absolute Gasteiger partial charge is 0.238 e. The van der Waals surface area contributed by atoms with Crippen molar-refractivity contribution in [3.05, 3.63) is 52.4 Å². The van der Waals surface area contributed by atoms with E-state index in [9.17, 15) is 13.2 Å². The molecule has 12 nitrogen and oxygen atoms in total. The number of carbonyl (C=O) groups is 1. The number of aromatic amines is 1. The Kier molecular flexibility index (Phi) is 9.03. The highest BCUT2D eigenvalue weighted by atomic mass is 79.9. The van der Waals surface area contributed by atoms with Crippen LogP contribution in [0.5, 0.6) is 0 Å². The molecule has 0 bridgehead atoms. The molecular weight excluding hydrogens is 658 g/mol. The van der Waals surface area contributed by atoms with E-state index in [0.717, 1.165) is 70.2 Å². The van der Waals surface area contributed by atoms with E-state index in [0.29, 0.717) is 37.5 Å². The maximum absolute atomic E-state index is 12.8. The Morgan fingerprint density at radius 2 is 1.91 bits per heavy atom. The maximum Gasteiger partial charge on any atom is 0.238 e. The van der Waals surface area contributed by atoms with E-state index in [1.165, 1.54) is 0 Å². The second-order valence-electron chi connectivity index (χ2n) is 12.0. The lowest BCUT2D eigenvalue weighted by Gasteiger charge is -2.31. The van der Waals surface area contributed by atoms with E-state index < -0.39 is 10.0 Å². The average molecular weight is 699 g/mol. The Morgan fingerprint density at radius 3 is 2.67 bits per heavy atom. The molecule has 45 heavy (non-hydrogen) atoms. The Hall–Kier alpha value is -3.30. The molecule has 2 aliphatic rings. The minimum Gasteiger partial charge on any atom is -0.378 e. The summed E-state index contributed by atoms with van der Waals surface area (Å²) >= 11 is 3.63. The summed E-state index contributed by atoms with van der Waals surface area (Å²) in [6.45, 7) is 10.8. The van der Waals surface area contributed by atoms with Crippen molar-refractivity contribution in [3.8, 4) is 17.1 Å². The van der Waals surface area contributed by atoms with Gasteiger partial charge in [-0.05, 0) is 74.4 Å². The van der Waals surface area contributed by atoms with Crippen LogP contribution in [0.2, 0.25) is 0 Å². The summed E-state index contributed by atoms with van der Waals surface area (Å²) in [6.07, 6.45) is 2.44. The van der Waals surface area contributed by atoms with E-state index >= 15 is 0 Å². The molecule has 240 valence electrons. The van der Waals surface area contributed by atoms with Crippen molar-refractivity contribution < 1.29 is 13.2 Å². The van der Waals surface area contributed by atoms with Gasteiger partial charge in [0.25, 0.3) is 0 Å². The minimum absolute atomic E-state index is 0.0130. The molecule has 0 radical (unpaired) electrons. The van der Waals surface area contributed by atoms with Gasteiger partial charge in [0.2, 0.25) is 15.9 Å². The molecule has 1 atom stereocenters. The van der Waals surface area contributed by atoms with E-state index in [-0.39, 0.29) is 17.7 Å². The van der Waals surface area contributed by atoms with Crippen LogP contribution in [0.25, 0.3) is 28.2 Å². The summed E-state index contributed by atoms with van der Waals surface area (Å²) in [5.74, 6) is 0.776. The SMILES string of the molecule is CCS(=O)(=O)N1CCC(Nc2c(Br)cnc3nc(-c4cc(C)n(-c5cccc(NC(=O)CN6CCN(C)CC6)c5)c4C)[nH]c23)C1.